The molecule has 0 radical (unpaired) electrons. The fraction of sp³-hybridized carbons (Fsp3) is 0.824. The maximum absolute atomic E-state index is 4.50. The minimum absolute atomic E-state index is 0.698. The zero-order valence-corrected chi connectivity index (χ0v) is 13.7. The molecule has 3 atom stereocenters. The van der Waals surface area contributed by atoms with Crippen molar-refractivity contribution in [3.05, 3.63) is 17.5 Å². The molecule has 114 valence electrons. The van der Waals surface area contributed by atoms with Crippen molar-refractivity contribution in [3.63, 3.8) is 0 Å². The summed E-state index contributed by atoms with van der Waals surface area (Å²) < 4.78 is 2.07. The van der Waals surface area contributed by atoms with E-state index in [0.717, 1.165) is 24.1 Å². The minimum atomic E-state index is 0.698. The van der Waals surface area contributed by atoms with Gasteiger partial charge in [0.1, 0.15) is 0 Å². The van der Waals surface area contributed by atoms with Gasteiger partial charge in [0.25, 0.3) is 0 Å². The highest BCUT2D eigenvalue weighted by Crippen LogP contribution is 2.34. The number of aromatic nitrogens is 2. The molecule has 3 nitrogen and oxygen atoms in total. The Bertz CT molecular complexity index is 410. The number of hydrogen-bond donors (Lipinski definition) is 1. The lowest BCUT2D eigenvalue weighted by Gasteiger charge is -2.36. The van der Waals surface area contributed by atoms with Crippen LogP contribution in [0, 0.1) is 18.8 Å². The van der Waals surface area contributed by atoms with E-state index in [-0.39, 0.29) is 0 Å². The molecule has 1 aliphatic carbocycles. The minimum Gasteiger partial charge on any atom is -0.314 e. The first-order valence-corrected chi connectivity index (χ1v) is 8.36. The van der Waals surface area contributed by atoms with Crippen molar-refractivity contribution in [1.82, 2.24) is 15.1 Å². The highest BCUT2D eigenvalue weighted by Gasteiger charge is 2.30. The van der Waals surface area contributed by atoms with Gasteiger partial charge in [-0.25, -0.2) is 0 Å². The van der Waals surface area contributed by atoms with Gasteiger partial charge in [-0.15, -0.1) is 0 Å². The molecule has 0 spiro atoms. The number of nitrogens with zero attached hydrogens (tertiary/aromatic N) is 2. The quantitative estimate of drug-likeness (QED) is 0.863. The summed E-state index contributed by atoms with van der Waals surface area (Å²) in [5.41, 5.74) is 2.54. The Kier molecular flexibility index (Phi) is 5.64. The van der Waals surface area contributed by atoms with Gasteiger partial charge >= 0.3 is 0 Å². The summed E-state index contributed by atoms with van der Waals surface area (Å²) in [7, 11) is 2.08. The second-order valence-electron chi connectivity index (χ2n) is 6.50. The van der Waals surface area contributed by atoms with Crippen molar-refractivity contribution in [3.8, 4) is 0 Å². The van der Waals surface area contributed by atoms with E-state index >= 15 is 0 Å². The molecular weight excluding hydrogens is 246 g/mol. The Labute approximate surface area is 124 Å². The lowest BCUT2D eigenvalue weighted by atomic mass is 9.74. The van der Waals surface area contributed by atoms with Gasteiger partial charge in [0.2, 0.25) is 0 Å². The lowest BCUT2D eigenvalue weighted by molar-refractivity contribution is 0.193. The Hall–Kier alpha value is -0.830. The lowest BCUT2D eigenvalue weighted by Crippen LogP contribution is -2.41. The van der Waals surface area contributed by atoms with E-state index in [2.05, 4.69) is 49.0 Å². The monoisotopic (exact) mass is 277 g/mol. The van der Waals surface area contributed by atoms with Crippen molar-refractivity contribution in [2.24, 2.45) is 18.9 Å². The smallest absolute Gasteiger partial charge is 0.0596 e. The van der Waals surface area contributed by atoms with E-state index in [0.29, 0.717) is 6.04 Å². The third-order valence-corrected chi connectivity index (χ3v) is 4.82. The van der Waals surface area contributed by atoms with E-state index < -0.39 is 0 Å². The summed E-state index contributed by atoms with van der Waals surface area (Å²) in [6, 6.07) is 2.95. The van der Waals surface area contributed by atoms with E-state index in [1.165, 1.54) is 44.2 Å². The number of aryl methyl sites for hydroxylation is 2. The van der Waals surface area contributed by atoms with Crippen LogP contribution in [0.4, 0.5) is 0 Å². The van der Waals surface area contributed by atoms with Gasteiger partial charge in [-0.3, -0.25) is 4.68 Å². The van der Waals surface area contributed by atoms with Crippen LogP contribution in [0.15, 0.2) is 6.07 Å². The Morgan fingerprint density at radius 1 is 1.35 bits per heavy atom. The second-order valence-corrected chi connectivity index (χ2v) is 6.50. The first-order valence-electron chi connectivity index (χ1n) is 8.36. The van der Waals surface area contributed by atoms with Crippen LogP contribution in [-0.4, -0.2) is 22.4 Å². The summed E-state index contributed by atoms with van der Waals surface area (Å²) in [4.78, 5) is 0. The summed E-state index contributed by atoms with van der Waals surface area (Å²) in [6.45, 7) is 7.72. The molecule has 20 heavy (non-hydrogen) atoms. The summed E-state index contributed by atoms with van der Waals surface area (Å²) in [5.74, 6) is 1.71. The average Bonchev–Trinajstić information content (AvgIpc) is 2.71. The largest absolute Gasteiger partial charge is 0.314 e. The molecule has 1 aromatic rings. The first-order chi connectivity index (χ1) is 9.63. The van der Waals surface area contributed by atoms with Gasteiger partial charge in [0.05, 0.1) is 5.69 Å². The SMILES string of the molecule is CCCC1CCC(NCC)C(Cc2cc(C)nn2C)C1. The zero-order chi connectivity index (χ0) is 14.5. The van der Waals surface area contributed by atoms with E-state index in [1.807, 2.05) is 0 Å². The average molecular weight is 277 g/mol. The van der Waals surface area contributed by atoms with Gasteiger partial charge in [-0.2, -0.15) is 5.10 Å². The van der Waals surface area contributed by atoms with Crippen molar-refractivity contribution in [2.45, 2.75) is 65.3 Å². The van der Waals surface area contributed by atoms with Crippen LogP contribution < -0.4 is 5.32 Å². The third-order valence-electron chi connectivity index (χ3n) is 4.82. The van der Waals surface area contributed by atoms with E-state index in [4.69, 9.17) is 0 Å². The van der Waals surface area contributed by atoms with Gasteiger partial charge in [0, 0.05) is 18.8 Å². The molecule has 0 amide bonds. The van der Waals surface area contributed by atoms with Crippen LogP contribution in [0.3, 0.4) is 0 Å². The van der Waals surface area contributed by atoms with Crippen LogP contribution in [0.2, 0.25) is 0 Å². The Balaban J connectivity index is 2.04. The molecule has 0 aliphatic heterocycles. The standard InChI is InChI=1S/C17H31N3/c1-5-7-14-8-9-17(18-6-2)15(11-14)12-16-10-13(3)19-20(16)4/h10,14-15,17-18H,5-9,11-12H2,1-4H3. The van der Waals surface area contributed by atoms with Crippen LogP contribution in [-0.2, 0) is 13.5 Å². The predicted octanol–water partition coefficient (Wildman–Crippen LogP) is 3.47. The number of hydrogen-bond acceptors (Lipinski definition) is 2. The molecule has 2 rings (SSSR count). The molecule has 1 aliphatic rings. The summed E-state index contributed by atoms with van der Waals surface area (Å²) >= 11 is 0. The second kappa shape index (κ2) is 7.26. The highest BCUT2D eigenvalue weighted by molar-refractivity contribution is 5.10. The van der Waals surface area contributed by atoms with Crippen LogP contribution >= 0.6 is 0 Å². The summed E-state index contributed by atoms with van der Waals surface area (Å²) in [6.07, 6.45) is 8.05. The van der Waals surface area contributed by atoms with Crippen molar-refractivity contribution >= 4 is 0 Å². The molecule has 1 fully saturated rings. The van der Waals surface area contributed by atoms with Gasteiger partial charge in [-0.05, 0) is 57.1 Å². The van der Waals surface area contributed by atoms with Crippen LogP contribution in [0.5, 0.6) is 0 Å². The van der Waals surface area contributed by atoms with Gasteiger partial charge in [0.15, 0.2) is 0 Å². The normalized spacial score (nSPS) is 26.9. The van der Waals surface area contributed by atoms with Crippen molar-refractivity contribution < 1.29 is 0 Å². The van der Waals surface area contributed by atoms with Gasteiger partial charge in [-0.1, -0.05) is 26.7 Å². The molecular formula is C17H31N3. The molecule has 1 heterocycles. The molecule has 1 aromatic heterocycles. The molecule has 0 aromatic carbocycles. The Morgan fingerprint density at radius 2 is 2.15 bits per heavy atom. The maximum atomic E-state index is 4.50. The van der Waals surface area contributed by atoms with Gasteiger partial charge < -0.3 is 5.32 Å². The van der Waals surface area contributed by atoms with Crippen LogP contribution in [0.25, 0.3) is 0 Å². The predicted molar refractivity (Wildman–Crippen MR) is 84.9 cm³/mol. The number of rotatable bonds is 6. The summed E-state index contributed by atoms with van der Waals surface area (Å²) in [5, 5.41) is 8.21. The van der Waals surface area contributed by atoms with Crippen LogP contribution in [0.1, 0.15) is 57.3 Å². The zero-order valence-electron chi connectivity index (χ0n) is 13.7. The third kappa shape index (κ3) is 3.85. The van der Waals surface area contributed by atoms with Crippen molar-refractivity contribution in [2.75, 3.05) is 6.54 Å². The highest BCUT2D eigenvalue weighted by atomic mass is 15.3. The fourth-order valence-electron chi connectivity index (χ4n) is 3.91. The first kappa shape index (κ1) is 15.6. The molecule has 0 bridgehead atoms. The Morgan fingerprint density at radius 3 is 2.75 bits per heavy atom. The molecule has 1 N–H and O–H groups in total. The van der Waals surface area contributed by atoms with E-state index in [1.54, 1.807) is 0 Å². The molecule has 0 saturated heterocycles. The van der Waals surface area contributed by atoms with E-state index in [9.17, 15) is 0 Å². The molecule has 1 saturated carbocycles. The maximum Gasteiger partial charge on any atom is 0.0596 e. The molecule has 3 unspecified atom stereocenters. The molecule has 3 heteroatoms. The van der Waals surface area contributed by atoms with Crippen molar-refractivity contribution in [1.29, 1.82) is 0 Å². The topological polar surface area (TPSA) is 29.9 Å². The fourth-order valence-corrected chi connectivity index (χ4v) is 3.91. The number of nitrogens with one attached hydrogen (secondary N) is 1.